The second-order valence-electron chi connectivity index (χ2n) is 8.88. The minimum absolute atomic E-state index is 0.0688. The van der Waals surface area contributed by atoms with Gasteiger partial charge in [0.2, 0.25) is 0 Å². The van der Waals surface area contributed by atoms with E-state index in [1.165, 1.54) is 14.0 Å². The third-order valence-corrected chi connectivity index (χ3v) is 7.61. The third kappa shape index (κ3) is 7.54. The van der Waals surface area contributed by atoms with E-state index in [0.29, 0.717) is 4.90 Å². The van der Waals surface area contributed by atoms with Gasteiger partial charge in [-0.25, -0.2) is 8.78 Å². The number of amides is 3. The molecule has 0 saturated carbocycles. The molecule has 0 fully saturated rings. The topological polar surface area (TPSA) is 69.7 Å². The van der Waals surface area contributed by atoms with E-state index in [9.17, 15) is 62.7 Å². The second kappa shape index (κ2) is 13.0. The number of anilines is 2. The lowest BCUT2D eigenvalue weighted by Gasteiger charge is -2.36. The van der Waals surface area contributed by atoms with Gasteiger partial charge in [0.05, 0.1) is 16.9 Å². The standard InChI is InChI=1S/C24H17F13IN3O3S/c1-4-40(2)18(43)19(44)41(3)13-7-5-6-11(15(13)25)17(42)39-16-12(38)8-10(9-14(16)45-24(35,36)37)20(26,22(29,30)31)21(27,28)23(32,33)34/h5-9H,4H2,1-3H3,(H,39,42). The van der Waals surface area contributed by atoms with Crippen LogP contribution >= 0.6 is 34.4 Å². The molecule has 0 heterocycles. The van der Waals surface area contributed by atoms with E-state index in [1.807, 2.05) is 0 Å². The fourth-order valence-electron chi connectivity index (χ4n) is 3.52. The van der Waals surface area contributed by atoms with Crippen molar-refractivity contribution >= 4 is 63.4 Å². The Hall–Kier alpha value is -2.98. The maximum atomic E-state index is 15.3. The van der Waals surface area contributed by atoms with E-state index in [1.54, 1.807) is 5.32 Å². The monoisotopic (exact) mass is 801 g/mol. The van der Waals surface area contributed by atoms with Crippen LogP contribution in [-0.2, 0) is 15.3 Å². The number of nitrogens with zero attached hydrogens (tertiary/aromatic N) is 2. The largest absolute Gasteiger partial charge is 0.457 e. The number of likely N-dealkylation sites (N-methyl/N-ethyl adjacent to an activating group) is 2. The molecule has 6 nitrogen and oxygen atoms in total. The van der Waals surface area contributed by atoms with Crippen molar-refractivity contribution in [3.8, 4) is 0 Å². The lowest BCUT2D eigenvalue weighted by atomic mass is 9.87. The van der Waals surface area contributed by atoms with Crippen molar-refractivity contribution in [2.75, 3.05) is 30.9 Å². The summed E-state index contributed by atoms with van der Waals surface area (Å²) < 4.78 is 176. The van der Waals surface area contributed by atoms with E-state index in [-0.39, 0.29) is 12.6 Å². The number of halogens is 14. The number of carbonyl (C=O) groups is 3. The predicted octanol–water partition coefficient (Wildman–Crippen LogP) is 7.66. The molecule has 2 aromatic rings. The molecule has 0 radical (unpaired) electrons. The van der Waals surface area contributed by atoms with Gasteiger partial charge in [-0.1, -0.05) is 6.07 Å². The molecular weight excluding hydrogens is 784 g/mol. The van der Waals surface area contributed by atoms with Crippen LogP contribution in [0, 0.1) is 9.39 Å². The average Bonchev–Trinajstić information content (AvgIpc) is 2.90. The third-order valence-electron chi connectivity index (χ3n) is 5.99. The Balaban J connectivity index is 2.71. The minimum atomic E-state index is -7.20. The normalized spacial score (nSPS) is 14.1. The molecular formula is C24H17F13IN3O3S. The highest BCUT2D eigenvalue weighted by Gasteiger charge is 2.81. The number of benzene rings is 2. The van der Waals surface area contributed by atoms with Crippen molar-refractivity contribution in [1.82, 2.24) is 4.90 Å². The van der Waals surface area contributed by atoms with Crippen LogP contribution in [0.15, 0.2) is 35.2 Å². The van der Waals surface area contributed by atoms with E-state index in [0.717, 1.165) is 52.7 Å². The molecule has 0 saturated heterocycles. The summed E-state index contributed by atoms with van der Waals surface area (Å²) >= 11 is -0.566. The molecule has 0 aromatic heterocycles. The Labute approximate surface area is 262 Å². The minimum Gasteiger partial charge on any atom is -0.338 e. The number of hydrogen-bond acceptors (Lipinski definition) is 4. The van der Waals surface area contributed by atoms with Gasteiger partial charge in [0.1, 0.15) is 0 Å². The first-order valence-electron chi connectivity index (χ1n) is 11.7. The van der Waals surface area contributed by atoms with Crippen LogP contribution in [0.5, 0.6) is 0 Å². The van der Waals surface area contributed by atoms with Gasteiger partial charge in [-0.05, 0) is 65.5 Å². The summed E-state index contributed by atoms with van der Waals surface area (Å²) in [6, 6.07) is 1.72. The molecule has 0 aliphatic rings. The fraction of sp³-hybridized carbons (Fsp3) is 0.375. The molecule has 0 aliphatic heterocycles. The summed E-state index contributed by atoms with van der Waals surface area (Å²) in [7, 11) is 2.17. The maximum Gasteiger partial charge on any atom is 0.457 e. The molecule has 1 N–H and O–H groups in total. The van der Waals surface area contributed by atoms with Crippen molar-refractivity contribution < 1.29 is 71.5 Å². The van der Waals surface area contributed by atoms with E-state index in [4.69, 9.17) is 0 Å². The van der Waals surface area contributed by atoms with Gasteiger partial charge in [-0.3, -0.25) is 14.4 Å². The van der Waals surface area contributed by atoms with Crippen LogP contribution in [-0.4, -0.2) is 67.0 Å². The fourth-order valence-corrected chi connectivity index (χ4v) is 5.16. The summed E-state index contributed by atoms with van der Waals surface area (Å²) in [5.74, 6) is -12.8. The van der Waals surface area contributed by atoms with Gasteiger partial charge >= 0.3 is 41.3 Å². The Morgan fingerprint density at radius 2 is 1.42 bits per heavy atom. The quantitative estimate of drug-likeness (QED) is 0.135. The van der Waals surface area contributed by atoms with Gasteiger partial charge in [0.25, 0.3) is 5.91 Å². The first-order valence-corrected chi connectivity index (χ1v) is 13.5. The van der Waals surface area contributed by atoms with Crippen molar-refractivity contribution in [2.45, 2.75) is 41.3 Å². The number of rotatable bonds is 7. The lowest BCUT2D eigenvalue weighted by Crippen LogP contribution is -2.59. The van der Waals surface area contributed by atoms with Crippen LogP contribution in [0.1, 0.15) is 22.8 Å². The van der Waals surface area contributed by atoms with E-state index in [2.05, 4.69) is 0 Å². The van der Waals surface area contributed by atoms with Crippen molar-refractivity contribution in [3.05, 3.63) is 50.8 Å². The summed E-state index contributed by atoms with van der Waals surface area (Å²) in [5.41, 5.74) is -17.5. The van der Waals surface area contributed by atoms with Gasteiger partial charge in [0, 0.05) is 34.7 Å². The summed E-state index contributed by atoms with van der Waals surface area (Å²) in [6.45, 7) is 1.58. The van der Waals surface area contributed by atoms with Crippen molar-refractivity contribution in [2.24, 2.45) is 0 Å². The number of carbonyl (C=O) groups excluding carboxylic acids is 3. The van der Waals surface area contributed by atoms with Crippen LogP contribution < -0.4 is 10.2 Å². The molecule has 1 unspecified atom stereocenters. The molecule has 250 valence electrons. The summed E-state index contributed by atoms with van der Waals surface area (Å²) in [6.07, 6.45) is -14.2. The smallest absolute Gasteiger partial charge is 0.338 e. The number of thioether (sulfide) groups is 1. The summed E-state index contributed by atoms with van der Waals surface area (Å²) in [4.78, 5) is 37.3. The molecule has 0 bridgehead atoms. The van der Waals surface area contributed by atoms with E-state index >= 15 is 8.78 Å². The zero-order valence-electron chi connectivity index (χ0n) is 22.4. The Kier molecular flexibility index (Phi) is 11.1. The molecule has 2 rings (SSSR count). The highest BCUT2D eigenvalue weighted by molar-refractivity contribution is 14.1. The lowest BCUT2D eigenvalue weighted by molar-refractivity contribution is -0.389. The Morgan fingerprint density at radius 3 is 1.89 bits per heavy atom. The Bertz CT molecular complexity index is 1480. The molecule has 21 heteroatoms. The highest BCUT2D eigenvalue weighted by atomic mass is 127. The highest BCUT2D eigenvalue weighted by Crippen LogP contribution is 2.59. The van der Waals surface area contributed by atoms with Crippen LogP contribution in [0.4, 0.5) is 68.5 Å². The molecule has 45 heavy (non-hydrogen) atoms. The molecule has 0 spiro atoms. The average molecular weight is 801 g/mol. The van der Waals surface area contributed by atoms with Crippen molar-refractivity contribution in [1.29, 1.82) is 0 Å². The van der Waals surface area contributed by atoms with Gasteiger partial charge < -0.3 is 15.1 Å². The predicted molar refractivity (Wildman–Crippen MR) is 142 cm³/mol. The van der Waals surface area contributed by atoms with Gasteiger partial charge in [0.15, 0.2) is 5.82 Å². The van der Waals surface area contributed by atoms with Crippen molar-refractivity contribution in [3.63, 3.8) is 0 Å². The van der Waals surface area contributed by atoms with Crippen LogP contribution in [0.25, 0.3) is 0 Å². The first kappa shape index (κ1) is 38.2. The molecule has 1 atom stereocenters. The zero-order valence-corrected chi connectivity index (χ0v) is 25.4. The van der Waals surface area contributed by atoms with Crippen LogP contribution in [0.3, 0.4) is 0 Å². The first-order chi connectivity index (χ1) is 20.2. The maximum absolute atomic E-state index is 15.3. The number of hydrogen-bond donors (Lipinski definition) is 1. The van der Waals surface area contributed by atoms with Gasteiger partial charge in [-0.15, -0.1) is 0 Å². The second-order valence-corrected chi connectivity index (χ2v) is 11.2. The van der Waals surface area contributed by atoms with E-state index < -0.39 is 102 Å². The molecule has 0 aliphatic carbocycles. The number of nitrogens with one attached hydrogen (secondary N) is 1. The number of alkyl halides is 12. The molecule has 3 amide bonds. The van der Waals surface area contributed by atoms with Gasteiger partial charge in [-0.2, -0.15) is 48.3 Å². The SMILES string of the molecule is CCN(C)C(=O)C(=O)N(C)c1cccc(C(=O)Nc2c(I)cc(C(F)(C(F)(F)F)C(F)(F)C(F)(F)F)cc2SC(F)(F)F)c1F. The Morgan fingerprint density at radius 1 is 0.867 bits per heavy atom. The zero-order chi connectivity index (χ0) is 35.1. The van der Waals surface area contributed by atoms with Crippen LogP contribution in [0.2, 0.25) is 0 Å². The molecule has 2 aromatic carbocycles. The summed E-state index contributed by atoms with van der Waals surface area (Å²) in [5, 5.41) is 1.69.